The van der Waals surface area contributed by atoms with Crippen LogP contribution in [0.25, 0.3) is 0 Å². The molecule has 1 N–H and O–H groups in total. The zero-order valence-corrected chi connectivity index (χ0v) is 9.74. The Kier molecular flexibility index (Phi) is 6.06. The van der Waals surface area contributed by atoms with Crippen molar-refractivity contribution in [2.75, 3.05) is 13.1 Å². The predicted octanol–water partition coefficient (Wildman–Crippen LogP) is 3.37. The Labute approximate surface area is 83.6 Å². The van der Waals surface area contributed by atoms with Crippen LogP contribution in [0.15, 0.2) is 12.2 Å². The summed E-state index contributed by atoms with van der Waals surface area (Å²) in [6.45, 7) is 15.3. The second kappa shape index (κ2) is 6.20. The number of hydrogen-bond acceptors (Lipinski definition) is 1. The minimum absolute atomic E-state index is 0.391. The van der Waals surface area contributed by atoms with Gasteiger partial charge in [-0.15, -0.1) is 0 Å². The number of hydrogen-bond donors (Lipinski definition) is 1. The van der Waals surface area contributed by atoms with Crippen molar-refractivity contribution in [1.82, 2.24) is 5.32 Å². The van der Waals surface area contributed by atoms with Crippen molar-refractivity contribution in [2.45, 2.75) is 47.0 Å². The maximum atomic E-state index is 4.10. The molecule has 0 spiro atoms. The van der Waals surface area contributed by atoms with Gasteiger partial charge in [0.15, 0.2) is 0 Å². The fourth-order valence-electron chi connectivity index (χ4n) is 1.41. The van der Waals surface area contributed by atoms with Gasteiger partial charge in [0.2, 0.25) is 0 Å². The van der Waals surface area contributed by atoms with E-state index in [1.54, 1.807) is 0 Å². The molecule has 0 aromatic heterocycles. The van der Waals surface area contributed by atoms with Crippen LogP contribution in [0.3, 0.4) is 0 Å². The molecule has 0 atom stereocenters. The molecular formula is C12H25N. The molecule has 0 rings (SSSR count). The van der Waals surface area contributed by atoms with Gasteiger partial charge in [0.1, 0.15) is 0 Å². The number of nitrogens with one attached hydrogen (secondary N) is 1. The average Bonchev–Trinajstić information content (AvgIpc) is 1.94. The lowest BCUT2D eigenvalue weighted by Gasteiger charge is -2.19. The van der Waals surface area contributed by atoms with E-state index in [1.165, 1.54) is 12.0 Å². The Bertz CT molecular complexity index is 142. The highest BCUT2D eigenvalue weighted by atomic mass is 14.8. The van der Waals surface area contributed by atoms with Crippen LogP contribution in [0, 0.1) is 5.41 Å². The Balaban J connectivity index is 3.41. The lowest BCUT2D eigenvalue weighted by atomic mass is 9.87. The van der Waals surface area contributed by atoms with E-state index in [-0.39, 0.29) is 0 Å². The van der Waals surface area contributed by atoms with E-state index in [4.69, 9.17) is 0 Å². The highest BCUT2D eigenvalue weighted by Gasteiger charge is 2.11. The molecule has 0 aromatic rings. The SMILES string of the molecule is C=C(CCNCCC)CC(C)(C)C. The molecule has 0 heterocycles. The summed E-state index contributed by atoms with van der Waals surface area (Å²) in [7, 11) is 0. The fourth-order valence-corrected chi connectivity index (χ4v) is 1.41. The number of rotatable bonds is 6. The average molecular weight is 183 g/mol. The highest BCUT2D eigenvalue weighted by Crippen LogP contribution is 2.24. The summed E-state index contributed by atoms with van der Waals surface area (Å²) in [5, 5.41) is 3.39. The topological polar surface area (TPSA) is 12.0 Å². The van der Waals surface area contributed by atoms with Crippen LogP contribution in [0.2, 0.25) is 0 Å². The zero-order chi connectivity index (χ0) is 10.3. The van der Waals surface area contributed by atoms with Gasteiger partial charge in [0, 0.05) is 0 Å². The van der Waals surface area contributed by atoms with Crippen molar-refractivity contribution in [2.24, 2.45) is 5.41 Å². The molecule has 0 saturated heterocycles. The van der Waals surface area contributed by atoms with Gasteiger partial charge in [-0.2, -0.15) is 0 Å². The van der Waals surface area contributed by atoms with E-state index in [9.17, 15) is 0 Å². The molecule has 0 radical (unpaired) electrons. The Hall–Kier alpha value is -0.300. The quantitative estimate of drug-likeness (QED) is 0.492. The van der Waals surface area contributed by atoms with E-state index in [0.29, 0.717) is 5.41 Å². The first-order chi connectivity index (χ1) is 5.95. The third-order valence-electron chi connectivity index (χ3n) is 1.86. The zero-order valence-electron chi connectivity index (χ0n) is 9.74. The summed E-state index contributed by atoms with van der Waals surface area (Å²) in [4.78, 5) is 0. The standard InChI is InChI=1S/C12H25N/c1-6-8-13-9-7-11(2)10-12(3,4)5/h13H,2,6-10H2,1,3-5H3. The van der Waals surface area contributed by atoms with Gasteiger partial charge in [0.25, 0.3) is 0 Å². The van der Waals surface area contributed by atoms with Gasteiger partial charge >= 0.3 is 0 Å². The minimum atomic E-state index is 0.391. The van der Waals surface area contributed by atoms with Gasteiger partial charge in [-0.3, -0.25) is 0 Å². The van der Waals surface area contributed by atoms with Crippen LogP contribution >= 0.6 is 0 Å². The second-order valence-corrected chi connectivity index (χ2v) is 4.99. The molecular weight excluding hydrogens is 158 g/mol. The summed E-state index contributed by atoms with van der Waals surface area (Å²) in [6, 6.07) is 0. The van der Waals surface area contributed by atoms with E-state index in [2.05, 4.69) is 39.6 Å². The summed E-state index contributed by atoms with van der Waals surface area (Å²) >= 11 is 0. The summed E-state index contributed by atoms with van der Waals surface area (Å²) in [6.07, 6.45) is 3.48. The van der Waals surface area contributed by atoms with Gasteiger partial charge in [-0.1, -0.05) is 39.8 Å². The predicted molar refractivity (Wildman–Crippen MR) is 61.0 cm³/mol. The first kappa shape index (κ1) is 12.7. The van der Waals surface area contributed by atoms with Gasteiger partial charge < -0.3 is 5.32 Å². The third kappa shape index (κ3) is 9.62. The van der Waals surface area contributed by atoms with E-state index >= 15 is 0 Å². The van der Waals surface area contributed by atoms with Crippen molar-refractivity contribution < 1.29 is 0 Å². The summed E-state index contributed by atoms with van der Waals surface area (Å²) in [5.74, 6) is 0. The molecule has 13 heavy (non-hydrogen) atoms. The van der Waals surface area contributed by atoms with Gasteiger partial charge in [-0.25, -0.2) is 0 Å². The molecule has 0 aliphatic rings. The van der Waals surface area contributed by atoms with Crippen LogP contribution in [0.5, 0.6) is 0 Å². The molecule has 0 bridgehead atoms. The molecule has 0 aliphatic heterocycles. The maximum Gasteiger partial charge on any atom is -0.00117 e. The van der Waals surface area contributed by atoms with Crippen LogP contribution in [-0.2, 0) is 0 Å². The second-order valence-electron chi connectivity index (χ2n) is 4.99. The van der Waals surface area contributed by atoms with Gasteiger partial charge in [0.05, 0.1) is 0 Å². The van der Waals surface area contributed by atoms with Crippen LogP contribution in [0.1, 0.15) is 47.0 Å². The fraction of sp³-hybridized carbons (Fsp3) is 0.833. The lowest BCUT2D eigenvalue weighted by molar-refractivity contribution is 0.403. The molecule has 0 amide bonds. The van der Waals surface area contributed by atoms with Crippen molar-refractivity contribution in [3.63, 3.8) is 0 Å². The van der Waals surface area contributed by atoms with Crippen molar-refractivity contribution in [3.8, 4) is 0 Å². The van der Waals surface area contributed by atoms with Crippen molar-refractivity contribution >= 4 is 0 Å². The first-order valence-corrected chi connectivity index (χ1v) is 5.33. The summed E-state index contributed by atoms with van der Waals surface area (Å²) < 4.78 is 0. The van der Waals surface area contributed by atoms with Crippen molar-refractivity contribution in [3.05, 3.63) is 12.2 Å². The smallest absolute Gasteiger partial charge is 0.00117 e. The highest BCUT2D eigenvalue weighted by molar-refractivity contribution is 4.97. The molecule has 78 valence electrons. The summed E-state index contributed by atoms with van der Waals surface area (Å²) in [5.41, 5.74) is 1.76. The van der Waals surface area contributed by atoms with Crippen LogP contribution in [-0.4, -0.2) is 13.1 Å². The molecule has 0 saturated carbocycles. The maximum absolute atomic E-state index is 4.10. The lowest BCUT2D eigenvalue weighted by Crippen LogP contribution is -2.17. The van der Waals surface area contributed by atoms with Gasteiger partial charge in [-0.05, 0) is 37.8 Å². The van der Waals surface area contributed by atoms with E-state index < -0.39 is 0 Å². The normalized spacial score (nSPS) is 11.7. The molecule has 0 unspecified atom stereocenters. The largest absolute Gasteiger partial charge is 0.316 e. The Morgan fingerprint density at radius 3 is 2.31 bits per heavy atom. The molecule has 0 aliphatic carbocycles. The van der Waals surface area contributed by atoms with Crippen LogP contribution < -0.4 is 5.32 Å². The van der Waals surface area contributed by atoms with Crippen LogP contribution in [0.4, 0.5) is 0 Å². The monoisotopic (exact) mass is 183 g/mol. The minimum Gasteiger partial charge on any atom is -0.316 e. The van der Waals surface area contributed by atoms with Crippen molar-refractivity contribution in [1.29, 1.82) is 0 Å². The molecule has 1 heteroatoms. The Morgan fingerprint density at radius 2 is 1.85 bits per heavy atom. The molecule has 0 fully saturated rings. The van der Waals surface area contributed by atoms with E-state index in [0.717, 1.165) is 25.9 Å². The Morgan fingerprint density at radius 1 is 1.23 bits per heavy atom. The molecule has 1 nitrogen and oxygen atoms in total. The third-order valence-corrected chi connectivity index (χ3v) is 1.86. The van der Waals surface area contributed by atoms with E-state index in [1.807, 2.05) is 0 Å². The first-order valence-electron chi connectivity index (χ1n) is 5.33. The molecule has 0 aromatic carbocycles.